The molecular weight excluding hydrogens is 264 g/mol. The number of rotatable bonds is 2. The van der Waals surface area contributed by atoms with Crippen molar-refractivity contribution in [2.75, 3.05) is 6.54 Å². The van der Waals surface area contributed by atoms with E-state index in [1.54, 1.807) is 0 Å². The van der Waals surface area contributed by atoms with Crippen LogP contribution in [0.15, 0.2) is 24.4 Å². The van der Waals surface area contributed by atoms with Crippen LogP contribution >= 0.6 is 0 Å². The molecule has 2 aromatic heterocycles. The van der Waals surface area contributed by atoms with Gasteiger partial charge in [-0.3, -0.25) is 9.20 Å². The summed E-state index contributed by atoms with van der Waals surface area (Å²) in [6.07, 6.45) is 8.55. The van der Waals surface area contributed by atoms with Crippen LogP contribution in [0.2, 0.25) is 0 Å². The van der Waals surface area contributed by atoms with E-state index < -0.39 is 0 Å². The lowest BCUT2D eigenvalue weighted by molar-refractivity contribution is -0.136. The second kappa shape index (κ2) is 5.13. The third-order valence-electron chi connectivity index (χ3n) is 4.88. The molecule has 5 heteroatoms. The number of pyridine rings is 1. The van der Waals surface area contributed by atoms with Crippen molar-refractivity contribution in [2.45, 2.75) is 44.6 Å². The topological polar surface area (TPSA) is 50.5 Å². The summed E-state index contributed by atoms with van der Waals surface area (Å²) < 4.78 is 2.02. The van der Waals surface area contributed by atoms with E-state index in [9.17, 15) is 4.79 Å². The summed E-state index contributed by atoms with van der Waals surface area (Å²) in [6.45, 7) is 0.863. The zero-order valence-electron chi connectivity index (χ0n) is 12.1. The molecule has 3 heterocycles. The molecule has 2 fully saturated rings. The Hall–Kier alpha value is -1.91. The van der Waals surface area contributed by atoms with Crippen LogP contribution in [0.3, 0.4) is 0 Å². The van der Waals surface area contributed by atoms with Crippen LogP contribution < -0.4 is 0 Å². The van der Waals surface area contributed by atoms with Crippen LogP contribution in [0.1, 0.15) is 50.4 Å². The average Bonchev–Trinajstić information content (AvgIpc) is 3.25. The van der Waals surface area contributed by atoms with Crippen molar-refractivity contribution in [1.29, 1.82) is 0 Å². The van der Waals surface area contributed by atoms with Gasteiger partial charge in [0.05, 0.1) is 6.04 Å². The van der Waals surface area contributed by atoms with Gasteiger partial charge in [-0.2, -0.15) is 0 Å². The van der Waals surface area contributed by atoms with Crippen LogP contribution in [0.25, 0.3) is 5.65 Å². The van der Waals surface area contributed by atoms with E-state index in [4.69, 9.17) is 0 Å². The van der Waals surface area contributed by atoms with Gasteiger partial charge in [0.2, 0.25) is 5.91 Å². The monoisotopic (exact) mass is 284 g/mol. The number of nitrogens with zero attached hydrogens (tertiary/aromatic N) is 4. The summed E-state index contributed by atoms with van der Waals surface area (Å²) in [7, 11) is 0. The SMILES string of the molecule is O=C(C1CCCC1)N1CCC[C@@H]1c1nnc2ccccn12. The van der Waals surface area contributed by atoms with Crippen molar-refractivity contribution in [1.82, 2.24) is 19.5 Å². The maximum absolute atomic E-state index is 12.8. The molecule has 1 aliphatic carbocycles. The minimum atomic E-state index is 0.0931. The first-order chi connectivity index (χ1) is 10.3. The van der Waals surface area contributed by atoms with Gasteiger partial charge >= 0.3 is 0 Å². The second-order valence-corrected chi connectivity index (χ2v) is 6.16. The molecule has 2 aromatic rings. The Morgan fingerprint density at radius 1 is 1.10 bits per heavy atom. The molecule has 21 heavy (non-hydrogen) atoms. The van der Waals surface area contributed by atoms with Crippen LogP contribution in [0, 0.1) is 5.92 Å². The van der Waals surface area contributed by atoms with E-state index >= 15 is 0 Å². The van der Waals surface area contributed by atoms with Crippen molar-refractivity contribution >= 4 is 11.6 Å². The zero-order valence-corrected chi connectivity index (χ0v) is 12.1. The molecule has 1 aliphatic heterocycles. The summed E-state index contributed by atoms with van der Waals surface area (Å²) in [4.78, 5) is 14.8. The number of carbonyl (C=O) groups is 1. The van der Waals surface area contributed by atoms with Crippen molar-refractivity contribution in [3.8, 4) is 0 Å². The minimum absolute atomic E-state index is 0.0931. The van der Waals surface area contributed by atoms with Gasteiger partial charge in [0.25, 0.3) is 0 Å². The molecule has 0 unspecified atom stereocenters. The van der Waals surface area contributed by atoms with E-state index in [-0.39, 0.29) is 12.0 Å². The molecule has 0 spiro atoms. The first kappa shape index (κ1) is 12.8. The van der Waals surface area contributed by atoms with Crippen molar-refractivity contribution in [2.24, 2.45) is 5.92 Å². The van der Waals surface area contributed by atoms with Crippen LogP contribution in [-0.4, -0.2) is 31.9 Å². The summed E-state index contributed by atoms with van der Waals surface area (Å²) in [6, 6.07) is 5.99. The summed E-state index contributed by atoms with van der Waals surface area (Å²) in [5.74, 6) is 1.49. The molecule has 4 rings (SSSR count). The Labute approximate surface area is 124 Å². The number of hydrogen-bond acceptors (Lipinski definition) is 3. The molecule has 1 amide bonds. The van der Waals surface area contributed by atoms with Gasteiger partial charge in [-0.05, 0) is 37.8 Å². The molecule has 0 N–H and O–H groups in total. The first-order valence-electron chi connectivity index (χ1n) is 7.95. The standard InChI is InChI=1S/C16H20N4O/c21-16(12-6-1-2-7-12)19-11-5-8-13(19)15-18-17-14-9-3-4-10-20(14)15/h3-4,9-10,12-13H,1-2,5-8,11H2/t13-/m1/s1. The van der Waals surface area contributed by atoms with E-state index in [1.165, 1.54) is 12.8 Å². The van der Waals surface area contributed by atoms with E-state index in [1.807, 2.05) is 28.8 Å². The number of carbonyl (C=O) groups excluding carboxylic acids is 1. The fourth-order valence-electron chi connectivity index (χ4n) is 3.79. The third-order valence-corrected chi connectivity index (χ3v) is 4.88. The van der Waals surface area contributed by atoms with Gasteiger partial charge in [-0.25, -0.2) is 0 Å². The van der Waals surface area contributed by atoms with Crippen molar-refractivity contribution in [3.05, 3.63) is 30.2 Å². The third kappa shape index (κ3) is 2.11. The quantitative estimate of drug-likeness (QED) is 0.851. The summed E-state index contributed by atoms with van der Waals surface area (Å²) in [5.41, 5.74) is 0.854. The van der Waals surface area contributed by atoms with Gasteiger partial charge < -0.3 is 4.90 Å². The molecule has 0 radical (unpaired) electrons. The molecule has 5 nitrogen and oxygen atoms in total. The molecular formula is C16H20N4O. The fourth-order valence-corrected chi connectivity index (χ4v) is 3.79. The zero-order chi connectivity index (χ0) is 14.2. The maximum Gasteiger partial charge on any atom is 0.226 e. The Balaban J connectivity index is 1.65. The highest BCUT2D eigenvalue weighted by Gasteiger charge is 2.37. The van der Waals surface area contributed by atoms with E-state index in [2.05, 4.69) is 15.1 Å². The van der Waals surface area contributed by atoms with E-state index in [0.29, 0.717) is 5.91 Å². The lowest BCUT2D eigenvalue weighted by atomic mass is 10.1. The first-order valence-corrected chi connectivity index (χ1v) is 7.95. The fraction of sp³-hybridized carbons (Fsp3) is 0.562. The highest BCUT2D eigenvalue weighted by atomic mass is 16.2. The van der Waals surface area contributed by atoms with Gasteiger partial charge in [-0.1, -0.05) is 18.9 Å². The molecule has 1 saturated carbocycles. The largest absolute Gasteiger partial charge is 0.332 e. The summed E-state index contributed by atoms with van der Waals surface area (Å²) >= 11 is 0. The molecule has 0 aromatic carbocycles. The highest BCUT2D eigenvalue weighted by Crippen LogP contribution is 2.35. The molecule has 1 saturated heterocycles. The molecule has 1 atom stereocenters. The lowest BCUT2D eigenvalue weighted by Gasteiger charge is -2.26. The molecule has 110 valence electrons. The summed E-state index contributed by atoms with van der Waals surface area (Å²) in [5, 5.41) is 8.59. The lowest BCUT2D eigenvalue weighted by Crippen LogP contribution is -2.35. The highest BCUT2D eigenvalue weighted by molar-refractivity contribution is 5.79. The Kier molecular flexibility index (Phi) is 3.13. The predicted molar refractivity (Wildman–Crippen MR) is 78.6 cm³/mol. The van der Waals surface area contributed by atoms with Gasteiger partial charge in [0.1, 0.15) is 0 Å². The van der Waals surface area contributed by atoms with Crippen molar-refractivity contribution in [3.63, 3.8) is 0 Å². The maximum atomic E-state index is 12.8. The van der Waals surface area contributed by atoms with Gasteiger partial charge in [0.15, 0.2) is 11.5 Å². The predicted octanol–water partition coefficient (Wildman–Crippen LogP) is 2.58. The number of fused-ring (bicyclic) bond motifs is 1. The molecule has 0 bridgehead atoms. The second-order valence-electron chi connectivity index (χ2n) is 6.16. The molecule has 2 aliphatic rings. The van der Waals surface area contributed by atoms with Crippen LogP contribution in [0.4, 0.5) is 0 Å². The smallest absolute Gasteiger partial charge is 0.226 e. The Morgan fingerprint density at radius 2 is 1.95 bits per heavy atom. The van der Waals surface area contributed by atoms with Gasteiger partial charge in [0, 0.05) is 18.7 Å². The normalized spacial score (nSPS) is 23.2. The van der Waals surface area contributed by atoms with Gasteiger partial charge in [-0.15, -0.1) is 10.2 Å². The number of aromatic nitrogens is 3. The number of likely N-dealkylation sites (tertiary alicyclic amines) is 1. The number of hydrogen-bond donors (Lipinski definition) is 0. The van der Waals surface area contributed by atoms with Crippen LogP contribution in [0.5, 0.6) is 0 Å². The van der Waals surface area contributed by atoms with Crippen LogP contribution in [-0.2, 0) is 4.79 Å². The average molecular weight is 284 g/mol. The van der Waals surface area contributed by atoms with Crippen molar-refractivity contribution < 1.29 is 4.79 Å². The minimum Gasteiger partial charge on any atom is -0.332 e. The van der Waals surface area contributed by atoms with E-state index in [0.717, 1.165) is 43.7 Å². The Morgan fingerprint density at radius 3 is 2.81 bits per heavy atom. The number of amides is 1. The Bertz CT molecular complexity index is 659.